The summed E-state index contributed by atoms with van der Waals surface area (Å²) in [7, 11) is 0. The summed E-state index contributed by atoms with van der Waals surface area (Å²) in [5, 5.41) is 0. The third-order valence-corrected chi connectivity index (χ3v) is 6.90. The summed E-state index contributed by atoms with van der Waals surface area (Å²) in [5.41, 5.74) is 4.51. The molecule has 102 valence electrons. The molecule has 2 saturated carbocycles. The summed E-state index contributed by atoms with van der Waals surface area (Å²) in [6.45, 7) is 5.10. The zero-order valence-corrected chi connectivity index (χ0v) is 12.4. The van der Waals surface area contributed by atoms with Crippen molar-refractivity contribution in [2.45, 2.75) is 58.8 Å². The van der Waals surface area contributed by atoms with Crippen molar-refractivity contribution >= 4 is 0 Å². The van der Waals surface area contributed by atoms with Crippen molar-refractivity contribution < 1.29 is 0 Å². The molecule has 4 rings (SSSR count). The number of rotatable bonds is 0. The predicted octanol–water partition coefficient (Wildman–Crippen LogP) is 5.43. The fourth-order valence-electron chi connectivity index (χ4n) is 5.64. The lowest BCUT2D eigenvalue weighted by molar-refractivity contribution is 0.110. The minimum Gasteiger partial charge on any atom is -0.0842 e. The topological polar surface area (TPSA) is 0 Å². The monoisotopic (exact) mass is 254 g/mol. The van der Waals surface area contributed by atoms with E-state index < -0.39 is 0 Å². The van der Waals surface area contributed by atoms with Crippen LogP contribution in [-0.4, -0.2) is 0 Å². The fourth-order valence-corrected chi connectivity index (χ4v) is 5.64. The molecule has 4 aliphatic carbocycles. The Labute approximate surface area is 117 Å². The molecule has 0 spiro atoms. The Morgan fingerprint density at radius 3 is 2.79 bits per heavy atom. The molecule has 0 unspecified atom stereocenters. The Kier molecular flexibility index (Phi) is 2.44. The maximum atomic E-state index is 2.56. The van der Waals surface area contributed by atoms with Crippen molar-refractivity contribution in [1.82, 2.24) is 0 Å². The summed E-state index contributed by atoms with van der Waals surface area (Å²) in [6, 6.07) is 0. The largest absolute Gasteiger partial charge is 0.0842 e. The molecule has 0 aromatic carbocycles. The Hall–Kier alpha value is -0.780. The third kappa shape index (κ3) is 1.52. The van der Waals surface area contributed by atoms with E-state index in [-0.39, 0.29) is 0 Å². The van der Waals surface area contributed by atoms with Gasteiger partial charge in [0.25, 0.3) is 0 Å². The van der Waals surface area contributed by atoms with Gasteiger partial charge in [0, 0.05) is 0 Å². The van der Waals surface area contributed by atoms with Crippen LogP contribution in [0.15, 0.2) is 35.5 Å². The van der Waals surface area contributed by atoms with Crippen LogP contribution in [0.1, 0.15) is 58.8 Å². The first kappa shape index (κ1) is 12.0. The molecule has 0 saturated heterocycles. The number of allylic oxidation sites excluding steroid dienone is 6. The van der Waals surface area contributed by atoms with Crippen molar-refractivity contribution in [2.24, 2.45) is 22.7 Å². The van der Waals surface area contributed by atoms with Gasteiger partial charge in [0.1, 0.15) is 0 Å². The van der Waals surface area contributed by atoms with Gasteiger partial charge in [-0.25, -0.2) is 0 Å². The first-order valence-electron chi connectivity index (χ1n) is 8.22. The quantitative estimate of drug-likeness (QED) is 0.541. The SMILES string of the molecule is C[C@@]12CCC[C@H]1C1=CC=C3C=CCC[C@]3(C)[C@H]1CC2. The minimum absolute atomic E-state index is 0.447. The zero-order chi connectivity index (χ0) is 13.1. The van der Waals surface area contributed by atoms with E-state index in [2.05, 4.69) is 38.2 Å². The second kappa shape index (κ2) is 3.87. The van der Waals surface area contributed by atoms with Crippen LogP contribution in [-0.2, 0) is 0 Å². The van der Waals surface area contributed by atoms with Gasteiger partial charge in [-0.1, -0.05) is 50.1 Å². The number of hydrogen-bond acceptors (Lipinski definition) is 0. The second-order valence-electron chi connectivity index (χ2n) is 7.84. The average Bonchev–Trinajstić information content (AvgIpc) is 2.79. The van der Waals surface area contributed by atoms with Crippen LogP contribution >= 0.6 is 0 Å². The summed E-state index contributed by atoms with van der Waals surface area (Å²) >= 11 is 0. The average molecular weight is 254 g/mol. The zero-order valence-electron chi connectivity index (χ0n) is 12.4. The van der Waals surface area contributed by atoms with Gasteiger partial charge >= 0.3 is 0 Å². The van der Waals surface area contributed by atoms with Crippen LogP contribution in [0.2, 0.25) is 0 Å². The van der Waals surface area contributed by atoms with Crippen LogP contribution in [0.4, 0.5) is 0 Å². The highest BCUT2D eigenvalue weighted by atomic mass is 14.6. The molecular formula is C19H26. The van der Waals surface area contributed by atoms with Crippen molar-refractivity contribution in [3.63, 3.8) is 0 Å². The lowest BCUT2D eigenvalue weighted by atomic mass is 9.52. The molecule has 4 atom stereocenters. The van der Waals surface area contributed by atoms with E-state index in [0.29, 0.717) is 10.8 Å². The summed E-state index contributed by atoms with van der Waals surface area (Å²) in [5.74, 6) is 1.74. The highest BCUT2D eigenvalue weighted by Gasteiger charge is 2.51. The van der Waals surface area contributed by atoms with E-state index in [4.69, 9.17) is 0 Å². The molecule has 0 radical (unpaired) electrons. The Morgan fingerprint density at radius 2 is 1.89 bits per heavy atom. The minimum atomic E-state index is 0.447. The van der Waals surface area contributed by atoms with Gasteiger partial charge in [-0.3, -0.25) is 0 Å². The molecule has 0 nitrogen and oxygen atoms in total. The van der Waals surface area contributed by atoms with Crippen molar-refractivity contribution in [3.05, 3.63) is 35.5 Å². The molecule has 0 aliphatic heterocycles. The van der Waals surface area contributed by atoms with Crippen LogP contribution in [0.25, 0.3) is 0 Å². The van der Waals surface area contributed by atoms with Crippen molar-refractivity contribution in [3.8, 4) is 0 Å². The van der Waals surface area contributed by atoms with Gasteiger partial charge in [-0.2, -0.15) is 0 Å². The van der Waals surface area contributed by atoms with Crippen LogP contribution < -0.4 is 0 Å². The Balaban J connectivity index is 1.79. The third-order valence-electron chi connectivity index (χ3n) is 6.90. The molecular weight excluding hydrogens is 228 g/mol. The molecule has 0 N–H and O–H groups in total. The van der Waals surface area contributed by atoms with Gasteiger partial charge in [-0.05, 0) is 66.8 Å². The fraction of sp³-hybridized carbons (Fsp3) is 0.684. The summed E-state index contributed by atoms with van der Waals surface area (Å²) < 4.78 is 0. The molecule has 0 aromatic rings. The molecule has 0 aromatic heterocycles. The lowest BCUT2D eigenvalue weighted by Gasteiger charge is -2.52. The van der Waals surface area contributed by atoms with Crippen LogP contribution in [0, 0.1) is 22.7 Å². The molecule has 0 heterocycles. The normalized spacial score (nSPS) is 47.9. The van der Waals surface area contributed by atoms with Gasteiger partial charge in [0.2, 0.25) is 0 Å². The van der Waals surface area contributed by atoms with Crippen molar-refractivity contribution in [2.75, 3.05) is 0 Å². The summed E-state index contributed by atoms with van der Waals surface area (Å²) in [4.78, 5) is 0. The maximum absolute atomic E-state index is 2.56. The molecule has 4 aliphatic rings. The van der Waals surface area contributed by atoms with E-state index in [9.17, 15) is 0 Å². The molecule has 2 fully saturated rings. The first-order valence-corrected chi connectivity index (χ1v) is 8.22. The highest BCUT2D eigenvalue weighted by Crippen LogP contribution is 2.62. The van der Waals surface area contributed by atoms with E-state index in [1.54, 1.807) is 5.57 Å². The second-order valence-corrected chi connectivity index (χ2v) is 7.84. The van der Waals surface area contributed by atoms with Gasteiger partial charge < -0.3 is 0 Å². The van der Waals surface area contributed by atoms with Gasteiger partial charge in [-0.15, -0.1) is 0 Å². The van der Waals surface area contributed by atoms with E-state index in [1.807, 2.05) is 5.57 Å². The Bertz CT molecular complexity index is 492. The smallest absolute Gasteiger partial charge is 0.000685 e. The van der Waals surface area contributed by atoms with Gasteiger partial charge in [0.15, 0.2) is 0 Å². The number of fused-ring (bicyclic) bond motifs is 5. The maximum Gasteiger partial charge on any atom is -0.000685 e. The van der Waals surface area contributed by atoms with E-state index >= 15 is 0 Å². The molecule has 0 bridgehead atoms. The van der Waals surface area contributed by atoms with E-state index in [0.717, 1.165) is 11.8 Å². The van der Waals surface area contributed by atoms with Gasteiger partial charge in [0.05, 0.1) is 0 Å². The Morgan fingerprint density at radius 1 is 1.00 bits per heavy atom. The molecule has 19 heavy (non-hydrogen) atoms. The lowest BCUT2D eigenvalue weighted by Crippen LogP contribution is -2.42. The van der Waals surface area contributed by atoms with E-state index in [1.165, 1.54) is 44.9 Å². The summed E-state index contributed by atoms with van der Waals surface area (Å²) in [6.07, 6.45) is 19.7. The van der Waals surface area contributed by atoms with Crippen molar-refractivity contribution in [1.29, 1.82) is 0 Å². The van der Waals surface area contributed by atoms with Crippen LogP contribution in [0.3, 0.4) is 0 Å². The number of hydrogen-bond donors (Lipinski definition) is 0. The first-order chi connectivity index (χ1) is 9.13. The predicted molar refractivity (Wildman–Crippen MR) is 80.8 cm³/mol. The standard InChI is InChI=1S/C19H26/c1-18-11-5-7-16(18)15-9-8-14-6-3-4-12-19(14,2)17(15)10-13-18/h3,6,8-9,16-17H,4-5,7,10-13H2,1-2H3/t16-,17-,18-,19-/m0/s1. The highest BCUT2D eigenvalue weighted by molar-refractivity contribution is 5.43. The molecule has 0 amide bonds. The molecule has 0 heteroatoms. The van der Waals surface area contributed by atoms with Crippen LogP contribution in [0.5, 0.6) is 0 Å².